The third kappa shape index (κ3) is 7.80. The van der Waals surface area contributed by atoms with Crippen molar-refractivity contribution >= 4 is 12.1 Å². The molecule has 0 radical (unpaired) electrons. The van der Waals surface area contributed by atoms with Gasteiger partial charge in [0.05, 0.1) is 18.8 Å². The minimum atomic E-state index is -0.496. The van der Waals surface area contributed by atoms with E-state index in [9.17, 15) is 4.79 Å². The molecule has 28 heavy (non-hydrogen) atoms. The van der Waals surface area contributed by atoms with Crippen LogP contribution in [0.25, 0.3) is 0 Å². The van der Waals surface area contributed by atoms with Gasteiger partial charge >= 0.3 is 6.09 Å². The van der Waals surface area contributed by atoms with Crippen molar-refractivity contribution in [3.63, 3.8) is 0 Å². The molecule has 0 saturated carbocycles. The van der Waals surface area contributed by atoms with Gasteiger partial charge in [-0.3, -0.25) is 9.89 Å². The van der Waals surface area contributed by atoms with Crippen molar-refractivity contribution in [1.82, 2.24) is 20.9 Å². The normalized spacial score (nSPS) is 16.6. The van der Waals surface area contributed by atoms with E-state index in [1.165, 1.54) is 12.8 Å². The number of aliphatic imine (C=N–C) groups is 1. The quantitative estimate of drug-likeness (QED) is 0.357. The SMILES string of the molecule is CCNC(=NCC(c1ccco1)N1CCCC1)NCCNC(=O)OC(C)(C)C. The molecule has 1 aliphatic heterocycles. The molecule has 0 aliphatic carbocycles. The third-order valence-corrected chi connectivity index (χ3v) is 4.31. The number of nitrogens with zero attached hydrogens (tertiary/aromatic N) is 2. The van der Waals surface area contributed by atoms with Gasteiger partial charge in [-0.05, 0) is 65.8 Å². The number of hydrogen-bond donors (Lipinski definition) is 3. The molecule has 2 heterocycles. The maximum Gasteiger partial charge on any atom is 0.407 e. The van der Waals surface area contributed by atoms with Crippen molar-refractivity contribution < 1.29 is 13.9 Å². The molecule has 1 aromatic rings. The molecule has 2 rings (SSSR count). The average molecular weight is 394 g/mol. The predicted molar refractivity (Wildman–Crippen MR) is 110 cm³/mol. The van der Waals surface area contributed by atoms with Gasteiger partial charge in [-0.1, -0.05) is 0 Å². The number of ether oxygens (including phenoxy) is 1. The second-order valence-corrected chi connectivity index (χ2v) is 7.85. The summed E-state index contributed by atoms with van der Waals surface area (Å²) in [6.45, 7) is 12.1. The summed E-state index contributed by atoms with van der Waals surface area (Å²) in [6, 6.07) is 4.09. The summed E-state index contributed by atoms with van der Waals surface area (Å²) in [5.74, 6) is 1.68. The Morgan fingerprint density at radius 3 is 2.57 bits per heavy atom. The Bertz CT molecular complexity index is 604. The number of likely N-dealkylation sites (tertiary alicyclic amines) is 1. The summed E-state index contributed by atoms with van der Waals surface area (Å²) in [4.78, 5) is 18.9. The summed E-state index contributed by atoms with van der Waals surface area (Å²) in [7, 11) is 0. The summed E-state index contributed by atoms with van der Waals surface area (Å²) in [6.07, 6.45) is 3.74. The van der Waals surface area contributed by atoms with Crippen molar-refractivity contribution in [3.8, 4) is 0 Å². The van der Waals surface area contributed by atoms with E-state index in [1.807, 2.05) is 39.8 Å². The molecule has 1 amide bonds. The van der Waals surface area contributed by atoms with Gasteiger partial charge in [0.2, 0.25) is 0 Å². The number of hydrogen-bond acceptors (Lipinski definition) is 5. The smallest absolute Gasteiger partial charge is 0.407 e. The largest absolute Gasteiger partial charge is 0.468 e. The highest BCUT2D eigenvalue weighted by atomic mass is 16.6. The number of nitrogens with one attached hydrogen (secondary N) is 3. The van der Waals surface area contributed by atoms with Crippen LogP contribution in [0.5, 0.6) is 0 Å². The number of furan rings is 1. The Labute approximate surface area is 168 Å². The van der Waals surface area contributed by atoms with Gasteiger partial charge in [-0.2, -0.15) is 0 Å². The Hall–Kier alpha value is -2.22. The summed E-state index contributed by atoms with van der Waals surface area (Å²) in [5.41, 5.74) is -0.496. The molecule has 3 N–H and O–H groups in total. The molecule has 1 atom stereocenters. The highest BCUT2D eigenvalue weighted by Crippen LogP contribution is 2.25. The van der Waals surface area contributed by atoms with Gasteiger partial charge in [0.15, 0.2) is 5.96 Å². The lowest BCUT2D eigenvalue weighted by atomic mass is 10.2. The summed E-state index contributed by atoms with van der Waals surface area (Å²) < 4.78 is 10.9. The van der Waals surface area contributed by atoms with Crippen molar-refractivity contribution in [2.75, 3.05) is 39.3 Å². The monoisotopic (exact) mass is 393 g/mol. The number of carbonyl (C=O) groups excluding carboxylic acids is 1. The zero-order chi connectivity index (χ0) is 20.4. The molecular formula is C20H35N5O3. The molecule has 158 valence electrons. The molecule has 0 spiro atoms. The number of alkyl carbamates (subject to hydrolysis) is 1. The molecule has 1 unspecified atom stereocenters. The third-order valence-electron chi connectivity index (χ3n) is 4.31. The van der Waals surface area contributed by atoms with Crippen LogP contribution in [0.1, 0.15) is 52.3 Å². The first kappa shape index (κ1) is 22.1. The molecule has 8 heteroatoms. The van der Waals surface area contributed by atoms with Gasteiger partial charge < -0.3 is 25.1 Å². The summed E-state index contributed by atoms with van der Waals surface area (Å²) in [5, 5.41) is 9.23. The first-order valence-electron chi connectivity index (χ1n) is 10.2. The van der Waals surface area contributed by atoms with Gasteiger partial charge in [0.25, 0.3) is 0 Å². The summed E-state index contributed by atoms with van der Waals surface area (Å²) >= 11 is 0. The van der Waals surface area contributed by atoms with Crippen molar-refractivity contribution in [3.05, 3.63) is 24.2 Å². The first-order chi connectivity index (χ1) is 13.4. The van der Waals surface area contributed by atoms with Crippen LogP contribution in [0.15, 0.2) is 27.8 Å². The van der Waals surface area contributed by atoms with Crippen molar-refractivity contribution in [2.24, 2.45) is 4.99 Å². The lowest BCUT2D eigenvalue weighted by Crippen LogP contribution is -2.43. The maximum atomic E-state index is 11.7. The fraction of sp³-hybridized carbons (Fsp3) is 0.700. The molecule has 8 nitrogen and oxygen atoms in total. The molecule has 0 aromatic carbocycles. The highest BCUT2D eigenvalue weighted by Gasteiger charge is 2.25. The molecule has 0 bridgehead atoms. The van der Waals surface area contributed by atoms with Crippen LogP contribution in [-0.2, 0) is 4.74 Å². The van der Waals surface area contributed by atoms with E-state index in [1.54, 1.807) is 6.26 Å². The van der Waals surface area contributed by atoms with Crippen LogP contribution in [-0.4, -0.2) is 61.8 Å². The standard InChI is InChI=1S/C20H35N5O3/c1-5-21-18(22-10-11-23-19(26)28-20(2,3)4)24-15-16(17-9-8-14-27-17)25-12-6-7-13-25/h8-9,14,16H,5-7,10-13,15H2,1-4H3,(H,23,26)(H2,21,22,24). The topological polar surface area (TPSA) is 91.1 Å². The number of rotatable bonds is 8. The predicted octanol–water partition coefficient (Wildman–Crippen LogP) is 2.50. The number of guanidine groups is 1. The highest BCUT2D eigenvalue weighted by molar-refractivity contribution is 5.79. The van der Waals surface area contributed by atoms with E-state index in [4.69, 9.17) is 14.1 Å². The van der Waals surface area contributed by atoms with Crippen LogP contribution in [0.4, 0.5) is 4.79 Å². The fourth-order valence-electron chi connectivity index (χ4n) is 3.10. The van der Waals surface area contributed by atoms with Gasteiger partial charge in [-0.15, -0.1) is 0 Å². The van der Waals surface area contributed by atoms with E-state index >= 15 is 0 Å². The van der Waals surface area contributed by atoms with Crippen LogP contribution in [0, 0.1) is 0 Å². The van der Waals surface area contributed by atoms with Crippen molar-refractivity contribution in [1.29, 1.82) is 0 Å². The Morgan fingerprint density at radius 1 is 1.25 bits per heavy atom. The van der Waals surface area contributed by atoms with E-state index < -0.39 is 11.7 Å². The van der Waals surface area contributed by atoms with Crippen LogP contribution >= 0.6 is 0 Å². The second kappa shape index (κ2) is 10.9. The fourth-order valence-corrected chi connectivity index (χ4v) is 3.10. The van der Waals surface area contributed by atoms with E-state index in [0.29, 0.717) is 19.6 Å². The van der Waals surface area contributed by atoms with Gasteiger partial charge in [0, 0.05) is 19.6 Å². The molecular weight excluding hydrogens is 358 g/mol. The van der Waals surface area contributed by atoms with Gasteiger partial charge in [0.1, 0.15) is 11.4 Å². The van der Waals surface area contributed by atoms with Crippen LogP contribution in [0.2, 0.25) is 0 Å². The van der Waals surface area contributed by atoms with E-state index in [2.05, 4.69) is 20.9 Å². The molecule has 1 saturated heterocycles. The number of amides is 1. The second-order valence-electron chi connectivity index (χ2n) is 7.85. The van der Waals surface area contributed by atoms with Crippen LogP contribution in [0.3, 0.4) is 0 Å². The molecule has 1 fully saturated rings. The van der Waals surface area contributed by atoms with E-state index in [-0.39, 0.29) is 6.04 Å². The minimum Gasteiger partial charge on any atom is -0.468 e. The lowest BCUT2D eigenvalue weighted by molar-refractivity contribution is 0.0529. The van der Waals surface area contributed by atoms with Crippen molar-refractivity contribution in [2.45, 2.75) is 52.2 Å². The number of carbonyl (C=O) groups is 1. The maximum absolute atomic E-state index is 11.7. The molecule has 1 aliphatic rings. The lowest BCUT2D eigenvalue weighted by Gasteiger charge is -2.24. The van der Waals surface area contributed by atoms with E-state index in [0.717, 1.165) is 31.4 Å². The Balaban J connectivity index is 1.85. The Morgan fingerprint density at radius 2 is 1.96 bits per heavy atom. The molecule has 1 aromatic heterocycles. The van der Waals surface area contributed by atoms with Crippen LogP contribution < -0.4 is 16.0 Å². The first-order valence-corrected chi connectivity index (χ1v) is 10.2. The zero-order valence-corrected chi connectivity index (χ0v) is 17.6. The Kier molecular flexibility index (Phi) is 8.63. The average Bonchev–Trinajstić information content (AvgIpc) is 3.31. The zero-order valence-electron chi connectivity index (χ0n) is 17.6. The minimum absolute atomic E-state index is 0.146. The van der Waals surface area contributed by atoms with Gasteiger partial charge in [-0.25, -0.2) is 4.79 Å².